The van der Waals surface area contributed by atoms with Gasteiger partial charge in [0.25, 0.3) is 0 Å². The van der Waals surface area contributed by atoms with Crippen molar-refractivity contribution in [2.24, 2.45) is 0 Å². The van der Waals surface area contributed by atoms with Gasteiger partial charge in [0.1, 0.15) is 17.2 Å². The quantitative estimate of drug-likeness (QED) is 0.697. The van der Waals surface area contributed by atoms with Crippen LogP contribution in [0.15, 0.2) is 12.3 Å². The number of hydrogen-bond donors (Lipinski definition) is 2. The molecule has 0 spiro atoms. The number of nitrogens with zero attached hydrogens (tertiary/aromatic N) is 1. The average molecular weight is 256 g/mol. The standard InChI is InChI=1S/C12H17FN2O3/c1-2-5-18-6-3-4-14-11-10(12(16)17)7-9(13)8-15-11/h7-8H,2-6H2,1H3,(H,14,15)(H,16,17). The van der Waals surface area contributed by atoms with Gasteiger partial charge in [-0.3, -0.25) is 0 Å². The van der Waals surface area contributed by atoms with Crippen molar-refractivity contribution >= 4 is 11.8 Å². The number of anilines is 1. The summed E-state index contributed by atoms with van der Waals surface area (Å²) in [7, 11) is 0. The zero-order valence-corrected chi connectivity index (χ0v) is 10.3. The fraction of sp³-hybridized carbons (Fsp3) is 0.500. The molecule has 1 aromatic heterocycles. The van der Waals surface area contributed by atoms with Crippen molar-refractivity contribution in [2.45, 2.75) is 19.8 Å². The molecule has 5 nitrogen and oxygen atoms in total. The number of ether oxygens (including phenoxy) is 1. The maximum atomic E-state index is 12.9. The maximum Gasteiger partial charge on any atom is 0.339 e. The van der Waals surface area contributed by atoms with Crippen molar-refractivity contribution in [3.63, 3.8) is 0 Å². The molecule has 1 rings (SSSR count). The summed E-state index contributed by atoms with van der Waals surface area (Å²) in [5.74, 6) is -1.68. The third kappa shape index (κ3) is 4.67. The van der Waals surface area contributed by atoms with Gasteiger partial charge in [-0.25, -0.2) is 14.2 Å². The van der Waals surface area contributed by atoms with Gasteiger partial charge in [0, 0.05) is 19.8 Å². The molecule has 100 valence electrons. The summed E-state index contributed by atoms with van der Waals surface area (Å²) in [6.45, 7) is 3.88. The number of halogens is 1. The number of hydrogen-bond acceptors (Lipinski definition) is 4. The average Bonchev–Trinajstić information content (AvgIpc) is 2.35. The molecule has 0 unspecified atom stereocenters. The number of pyridine rings is 1. The summed E-state index contributed by atoms with van der Waals surface area (Å²) < 4.78 is 18.1. The molecule has 6 heteroatoms. The highest BCUT2D eigenvalue weighted by Crippen LogP contribution is 2.13. The molecule has 0 radical (unpaired) electrons. The van der Waals surface area contributed by atoms with Crippen LogP contribution in [0.5, 0.6) is 0 Å². The van der Waals surface area contributed by atoms with Crippen LogP contribution in [-0.2, 0) is 4.74 Å². The summed E-state index contributed by atoms with van der Waals surface area (Å²) >= 11 is 0. The van der Waals surface area contributed by atoms with E-state index < -0.39 is 11.8 Å². The second-order valence-corrected chi connectivity index (χ2v) is 3.75. The topological polar surface area (TPSA) is 71.5 Å². The minimum atomic E-state index is -1.20. The Balaban J connectivity index is 2.44. The molecule has 1 aromatic rings. The second kappa shape index (κ2) is 7.60. The largest absolute Gasteiger partial charge is 0.478 e. The van der Waals surface area contributed by atoms with Crippen LogP contribution in [0.25, 0.3) is 0 Å². The Morgan fingerprint density at radius 1 is 1.56 bits per heavy atom. The Morgan fingerprint density at radius 3 is 3.00 bits per heavy atom. The van der Waals surface area contributed by atoms with Crippen molar-refractivity contribution in [3.8, 4) is 0 Å². The van der Waals surface area contributed by atoms with Crippen molar-refractivity contribution in [1.82, 2.24) is 4.98 Å². The van der Waals surface area contributed by atoms with Crippen molar-refractivity contribution < 1.29 is 19.0 Å². The fourth-order valence-corrected chi connectivity index (χ4v) is 1.37. The van der Waals surface area contributed by atoms with Crippen LogP contribution in [0.4, 0.5) is 10.2 Å². The number of carbonyl (C=O) groups is 1. The Bertz CT molecular complexity index is 399. The molecule has 0 aliphatic carbocycles. The lowest BCUT2D eigenvalue weighted by Crippen LogP contribution is -2.11. The van der Waals surface area contributed by atoms with E-state index in [1.807, 2.05) is 6.92 Å². The van der Waals surface area contributed by atoms with Gasteiger partial charge in [-0.1, -0.05) is 6.92 Å². The van der Waals surface area contributed by atoms with Gasteiger partial charge in [0.15, 0.2) is 0 Å². The first-order valence-corrected chi connectivity index (χ1v) is 5.85. The molecule has 0 saturated carbocycles. The van der Waals surface area contributed by atoms with Gasteiger partial charge in [0.2, 0.25) is 0 Å². The van der Waals surface area contributed by atoms with Crippen LogP contribution in [0.2, 0.25) is 0 Å². The third-order valence-electron chi connectivity index (χ3n) is 2.19. The van der Waals surface area contributed by atoms with E-state index in [1.54, 1.807) is 0 Å². The van der Waals surface area contributed by atoms with Gasteiger partial charge >= 0.3 is 5.97 Å². The Hall–Kier alpha value is -1.69. The highest BCUT2D eigenvalue weighted by atomic mass is 19.1. The lowest BCUT2D eigenvalue weighted by molar-refractivity contribution is 0.0697. The number of carboxylic acids is 1. The summed E-state index contributed by atoms with van der Waals surface area (Å²) in [5.41, 5.74) is -0.163. The lowest BCUT2D eigenvalue weighted by Gasteiger charge is -2.08. The third-order valence-corrected chi connectivity index (χ3v) is 2.19. The molecule has 0 aliphatic heterocycles. The van der Waals surface area contributed by atoms with E-state index in [4.69, 9.17) is 9.84 Å². The summed E-state index contributed by atoms with van der Waals surface area (Å²) in [5, 5.41) is 11.8. The zero-order chi connectivity index (χ0) is 13.4. The molecular weight excluding hydrogens is 239 g/mol. The molecule has 0 fully saturated rings. The molecule has 2 N–H and O–H groups in total. The number of carboxylic acid groups (broad SMARTS) is 1. The summed E-state index contributed by atoms with van der Waals surface area (Å²) in [4.78, 5) is 14.6. The van der Waals surface area contributed by atoms with E-state index in [9.17, 15) is 9.18 Å². The normalized spacial score (nSPS) is 10.3. The van der Waals surface area contributed by atoms with Crippen LogP contribution >= 0.6 is 0 Å². The van der Waals surface area contributed by atoms with E-state index in [1.165, 1.54) is 0 Å². The summed E-state index contributed by atoms with van der Waals surface area (Å²) in [6, 6.07) is 0.950. The van der Waals surface area contributed by atoms with Gasteiger partial charge in [-0.05, 0) is 18.9 Å². The van der Waals surface area contributed by atoms with Gasteiger partial charge in [-0.15, -0.1) is 0 Å². The first-order valence-electron chi connectivity index (χ1n) is 5.85. The van der Waals surface area contributed by atoms with Crippen LogP contribution in [0.3, 0.4) is 0 Å². The minimum absolute atomic E-state index is 0.163. The molecule has 0 bridgehead atoms. The van der Waals surface area contributed by atoms with E-state index in [-0.39, 0.29) is 11.4 Å². The molecule has 1 heterocycles. The van der Waals surface area contributed by atoms with Gasteiger partial charge in [0.05, 0.1) is 6.20 Å². The van der Waals surface area contributed by atoms with Crippen molar-refractivity contribution in [3.05, 3.63) is 23.6 Å². The number of nitrogens with one attached hydrogen (secondary N) is 1. The molecule has 0 aliphatic rings. The minimum Gasteiger partial charge on any atom is -0.478 e. The predicted molar refractivity (Wildman–Crippen MR) is 65.4 cm³/mol. The van der Waals surface area contributed by atoms with Crippen LogP contribution in [0, 0.1) is 5.82 Å². The Morgan fingerprint density at radius 2 is 2.33 bits per heavy atom. The second-order valence-electron chi connectivity index (χ2n) is 3.75. The number of aromatic carboxylic acids is 1. The molecule has 18 heavy (non-hydrogen) atoms. The van der Waals surface area contributed by atoms with E-state index in [0.717, 1.165) is 31.7 Å². The van der Waals surface area contributed by atoms with Gasteiger partial charge < -0.3 is 15.2 Å². The SMILES string of the molecule is CCCOCCCNc1ncc(F)cc1C(=O)O. The van der Waals surface area contributed by atoms with Crippen molar-refractivity contribution in [2.75, 3.05) is 25.1 Å². The fourth-order valence-electron chi connectivity index (χ4n) is 1.37. The molecule has 0 aromatic carbocycles. The molecular formula is C12H17FN2O3. The van der Waals surface area contributed by atoms with Crippen LogP contribution < -0.4 is 5.32 Å². The number of rotatable bonds is 8. The molecule has 0 amide bonds. The van der Waals surface area contributed by atoms with Crippen LogP contribution in [-0.4, -0.2) is 35.8 Å². The van der Waals surface area contributed by atoms with Crippen LogP contribution in [0.1, 0.15) is 30.1 Å². The first kappa shape index (κ1) is 14.4. The Labute approximate surface area is 105 Å². The molecule has 0 atom stereocenters. The first-order chi connectivity index (χ1) is 8.65. The maximum absolute atomic E-state index is 12.9. The van der Waals surface area contributed by atoms with Crippen molar-refractivity contribution in [1.29, 1.82) is 0 Å². The predicted octanol–water partition coefficient (Wildman–Crippen LogP) is 2.15. The summed E-state index contributed by atoms with van der Waals surface area (Å²) in [6.07, 6.45) is 2.69. The monoisotopic (exact) mass is 256 g/mol. The van der Waals surface area contributed by atoms with Gasteiger partial charge in [-0.2, -0.15) is 0 Å². The highest BCUT2D eigenvalue weighted by molar-refractivity contribution is 5.93. The smallest absolute Gasteiger partial charge is 0.339 e. The van der Waals surface area contributed by atoms with E-state index in [2.05, 4.69) is 10.3 Å². The lowest BCUT2D eigenvalue weighted by atomic mass is 10.2. The zero-order valence-electron chi connectivity index (χ0n) is 10.3. The Kier molecular flexibility index (Phi) is 6.07. The van der Waals surface area contributed by atoms with E-state index in [0.29, 0.717) is 13.2 Å². The number of aromatic nitrogens is 1. The van der Waals surface area contributed by atoms with E-state index >= 15 is 0 Å². The molecule has 0 saturated heterocycles. The highest BCUT2D eigenvalue weighted by Gasteiger charge is 2.12.